The number of likely N-dealkylation sites (N-methyl/N-ethyl adjacent to an activating group) is 1. The van der Waals surface area contributed by atoms with Gasteiger partial charge in [-0.2, -0.15) is 5.10 Å². The molecule has 7 nitrogen and oxygen atoms in total. The van der Waals surface area contributed by atoms with Crippen molar-refractivity contribution in [2.24, 2.45) is 0 Å². The molecule has 0 saturated carbocycles. The number of hydrogen-bond acceptors (Lipinski definition) is 5. The number of anilines is 1. The lowest BCUT2D eigenvalue weighted by atomic mass is 10.0. The van der Waals surface area contributed by atoms with Gasteiger partial charge in [0, 0.05) is 45.5 Å². The maximum atomic E-state index is 12.4. The van der Waals surface area contributed by atoms with Crippen LogP contribution in [0.15, 0.2) is 36.7 Å². The minimum atomic E-state index is -0.899. The normalized spacial score (nSPS) is 20.0. The molecule has 1 N–H and O–H groups in total. The summed E-state index contributed by atoms with van der Waals surface area (Å²) in [4.78, 5) is 20.4. The van der Waals surface area contributed by atoms with Crippen LogP contribution in [0.3, 0.4) is 0 Å². The van der Waals surface area contributed by atoms with Crippen molar-refractivity contribution in [3.63, 3.8) is 0 Å². The van der Waals surface area contributed by atoms with Crippen molar-refractivity contribution < 1.29 is 9.90 Å². The number of rotatable bonds is 6. The molecule has 1 aliphatic heterocycles. The third-order valence-electron chi connectivity index (χ3n) is 4.59. The smallest absolute Gasteiger partial charge is 0.224 e. The summed E-state index contributed by atoms with van der Waals surface area (Å²) in [5, 5.41) is 15.1. The first-order valence-corrected chi connectivity index (χ1v) is 8.58. The van der Waals surface area contributed by atoms with E-state index in [-0.39, 0.29) is 5.91 Å². The first kappa shape index (κ1) is 17.4. The predicted molar refractivity (Wildman–Crippen MR) is 95.2 cm³/mol. The van der Waals surface area contributed by atoms with Gasteiger partial charge in [-0.1, -0.05) is 6.07 Å². The summed E-state index contributed by atoms with van der Waals surface area (Å²) in [6, 6.07) is 7.67. The Hall–Kier alpha value is -2.41. The Balaban J connectivity index is 1.51. The molecule has 1 amide bonds. The Morgan fingerprint density at radius 1 is 1.40 bits per heavy atom. The summed E-state index contributed by atoms with van der Waals surface area (Å²) in [6.45, 7) is 4.03. The van der Waals surface area contributed by atoms with Crippen LogP contribution < -0.4 is 4.90 Å². The van der Waals surface area contributed by atoms with Crippen molar-refractivity contribution in [2.45, 2.75) is 31.9 Å². The molecule has 0 radical (unpaired) electrons. The van der Waals surface area contributed by atoms with Gasteiger partial charge >= 0.3 is 0 Å². The van der Waals surface area contributed by atoms with Gasteiger partial charge in [0.25, 0.3) is 0 Å². The van der Waals surface area contributed by atoms with E-state index in [1.54, 1.807) is 22.8 Å². The zero-order valence-electron chi connectivity index (χ0n) is 14.8. The monoisotopic (exact) mass is 343 g/mol. The average molecular weight is 343 g/mol. The number of carbonyl (C=O) groups is 1. The van der Waals surface area contributed by atoms with E-state index in [1.807, 2.05) is 37.4 Å². The van der Waals surface area contributed by atoms with E-state index < -0.39 is 5.60 Å². The van der Waals surface area contributed by atoms with E-state index in [0.717, 1.165) is 18.1 Å². The molecule has 25 heavy (non-hydrogen) atoms. The number of amides is 1. The van der Waals surface area contributed by atoms with Crippen LogP contribution in [-0.4, -0.2) is 63.0 Å². The summed E-state index contributed by atoms with van der Waals surface area (Å²) >= 11 is 0. The molecule has 0 aromatic carbocycles. The molecule has 1 aliphatic rings. The van der Waals surface area contributed by atoms with Crippen molar-refractivity contribution in [2.75, 3.05) is 31.6 Å². The Labute approximate surface area is 147 Å². The molecule has 0 bridgehead atoms. The highest BCUT2D eigenvalue weighted by Crippen LogP contribution is 2.26. The van der Waals surface area contributed by atoms with E-state index in [0.29, 0.717) is 32.5 Å². The van der Waals surface area contributed by atoms with Crippen LogP contribution in [0, 0.1) is 6.92 Å². The van der Waals surface area contributed by atoms with Gasteiger partial charge < -0.3 is 14.9 Å². The lowest BCUT2D eigenvalue weighted by Gasteiger charge is -2.29. The molecule has 7 heteroatoms. The average Bonchev–Trinajstić information content (AvgIpc) is 3.19. The van der Waals surface area contributed by atoms with Gasteiger partial charge in [-0.25, -0.2) is 4.98 Å². The van der Waals surface area contributed by atoms with Crippen LogP contribution in [-0.2, 0) is 11.3 Å². The first-order valence-electron chi connectivity index (χ1n) is 8.58. The number of nitrogens with zero attached hydrogens (tertiary/aromatic N) is 5. The summed E-state index contributed by atoms with van der Waals surface area (Å²) in [6.07, 6.45) is 4.62. The minimum absolute atomic E-state index is 0.0119. The molecular weight excluding hydrogens is 318 g/mol. The van der Waals surface area contributed by atoms with Gasteiger partial charge in [0.1, 0.15) is 11.4 Å². The van der Waals surface area contributed by atoms with Crippen molar-refractivity contribution in [3.8, 4) is 0 Å². The van der Waals surface area contributed by atoms with Gasteiger partial charge in [-0.05, 0) is 31.5 Å². The molecule has 134 valence electrons. The van der Waals surface area contributed by atoms with Gasteiger partial charge in [0.15, 0.2) is 0 Å². The predicted octanol–water partition coefficient (Wildman–Crippen LogP) is 1.08. The van der Waals surface area contributed by atoms with Crippen molar-refractivity contribution in [3.05, 3.63) is 42.4 Å². The molecule has 0 aliphatic carbocycles. The van der Waals surface area contributed by atoms with Crippen LogP contribution in [0.2, 0.25) is 0 Å². The summed E-state index contributed by atoms with van der Waals surface area (Å²) < 4.78 is 1.77. The van der Waals surface area contributed by atoms with E-state index in [4.69, 9.17) is 0 Å². The summed E-state index contributed by atoms with van der Waals surface area (Å²) in [5.41, 5.74) is 0.0419. The van der Waals surface area contributed by atoms with Crippen LogP contribution in [0.5, 0.6) is 0 Å². The van der Waals surface area contributed by atoms with Crippen LogP contribution in [0.1, 0.15) is 18.5 Å². The summed E-state index contributed by atoms with van der Waals surface area (Å²) in [7, 11) is 1.75. The van der Waals surface area contributed by atoms with Crippen LogP contribution in [0.4, 0.5) is 5.82 Å². The number of β-amino-alcohol motifs (C(OH)–C–C–N with tert-alkyl or cyclic N) is 1. The Morgan fingerprint density at radius 3 is 2.92 bits per heavy atom. The first-order chi connectivity index (χ1) is 12.0. The number of carbonyl (C=O) groups excluding carboxylic acids is 1. The molecule has 1 fully saturated rings. The second kappa shape index (κ2) is 7.23. The molecule has 3 rings (SSSR count). The number of pyridine rings is 1. The van der Waals surface area contributed by atoms with Crippen LogP contribution >= 0.6 is 0 Å². The highest BCUT2D eigenvalue weighted by atomic mass is 16.3. The number of hydrogen-bond donors (Lipinski definition) is 1. The quantitative estimate of drug-likeness (QED) is 0.849. The zero-order chi connectivity index (χ0) is 17.9. The van der Waals surface area contributed by atoms with Gasteiger partial charge in [-0.15, -0.1) is 0 Å². The SMILES string of the molecule is Cc1ccn(CCC(=O)N(C)CC2(O)CCN(c3ccccn3)C2)n1. The van der Waals surface area contributed by atoms with E-state index in [9.17, 15) is 9.90 Å². The lowest BCUT2D eigenvalue weighted by molar-refractivity contribution is -0.133. The molecule has 2 aromatic heterocycles. The molecule has 1 saturated heterocycles. The third kappa shape index (κ3) is 4.36. The van der Waals surface area contributed by atoms with Gasteiger partial charge in [-0.3, -0.25) is 9.48 Å². The molecule has 2 aromatic rings. The lowest BCUT2D eigenvalue weighted by Crippen LogP contribution is -2.46. The number of aliphatic hydroxyl groups is 1. The Kier molecular flexibility index (Phi) is 5.03. The van der Waals surface area contributed by atoms with E-state index >= 15 is 0 Å². The highest BCUT2D eigenvalue weighted by Gasteiger charge is 2.38. The van der Waals surface area contributed by atoms with Gasteiger partial charge in [0.05, 0.1) is 12.2 Å². The maximum Gasteiger partial charge on any atom is 0.224 e. The Bertz CT molecular complexity index is 717. The Morgan fingerprint density at radius 2 is 2.24 bits per heavy atom. The van der Waals surface area contributed by atoms with Crippen molar-refractivity contribution >= 4 is 11.7 Å². The highest BCUT2D eigenvalue weighted by molar-refractivity contribution is 5.75. The van der Waals surface area contributed by atoms with E-state index in [2.05, 4.69) is 15.0 Å². The standard InChI is InChI=1S/C18H25N5O2/c1-15-6-10-23(20-15)11-7-17(24)21(2)13-18(25)8-12-22(14-18)16-5-3-4-9-19-16/h3-6,9-10,25H,7-8,11-14H2,1-2H3. The van der Waals surface area contributed by atoms with Crippen molar-refractivity contribution in [1.29, 1.82) is 0 Å². The number of aromatic nitrogens is 3. The number of aryl methyl sites for hydroxylation is 2. The molecule has 0 spiro atoms. The second-order valence-electron chi connectivity index (χ2n) is 6.80. The fourth-order valence-corrected chi connectivity index (χ4v) is 3.24. The molecule has 3 heterocycles. The molecule has 1 unspecified atom stereocenters. The topological polar surface area (TPSA) is 74.5 Å². The fraction of sp³-hybridized carbons (Fsp3) is 0.500. The maximum absolute atomic E-state index is 12.4. The molecule has 1 atom stereocenters. The van der Waals surface area contributed by atoms with E-state index in [1.165, 1.54) is 0 Å². The van der Waals surface area contributed by atoms with Crippen molar-refractivity contribution in [1.82, 2.24) is 19.7 Å². The summed E-state index contributed by atoms with van der Waals surface area (Å²) in [5.74, 6) is 0.874. The second-order valence-corrected chi connectivity index (χ2v) is 6.80. The molecular formula is C18H25N5O2. The largest absolute Gasteiger partial charge is 0.386 e. The zero-order valence-corrected chi connectivity index (χ0v) is 14.8. The fourth-order valence-electron chi connectivity index (χ4n) is 3.24. The minimum Gasteiger partial charge on any atom is -0.386 e. The van der Waals surface area contributed by atoms with Crippen LogP contribution in [0.25, 0.3) is 0 Å². The third-order valence-corrected chi connectivity index (χ3v) is 4.59. The van der Waals surface area contributed by atoms with Gasteiger partial charge in [0.2, 0.25) is 5.91 Å².